The second kappa shape index (κ2) is 14.1. The molecule has 2 fully saturated rings. The van der Waals surface area contributed by atoms with Gasteiger partial charge in [0.25, 0.3) is 5.91 Å². The minimum absolute atomic E-state index is 0.116. The summed E-state index contributed by atoms with van der Waals surface area (Å²) in [4.78, 5) is 28.0. The maximum atomic E-state index is 13.5. The lowest BCUT2D eigenvalue weighted by Gasteiger charge is -2.21. The molecule has 5 aromatic rings. The Labute approximate surface area is 279 Å². The molecule has 2 saturated heterocycles. The van der Waals surface area contributed by atoms with Gasteiger partial charge in [0.2, 0.25) is 0 Å². The van der Waals surface area contributed by atoms with E-state index in [0.29, 0.717) is 42.3 Å². The number of nitrogens with zero attached hydrogens (tertiary/aromatic N) is 1. The molecule has 7 rings (SSSR count). The molecule has 2 unspecified atom stereocenters. The van der Waals surface area contributed by atoms with Crippen LogP contribution in [0.25, 0.3) is 22.3 Å². The van der Waals surface area contributed by atoms with Crippen LogP contribution in [-0.4, -0.2) is 57.1 Å². The van der Waals surface area contributed by atoms with Crippen molar-refractivity contribution in [3.05, 3.63) is 132 Å². The second-order valence-electron chi connectivity index (χ2n) is 11.7. The Morgan fingerprint density at radius 1 is 0.583 bits per heavy atom. The van der Waals surface area contributed by atoms with Crippen LogP contribution in [0.3, 0.4) is 0 Å². The number of ether oxygens (including phenoxy) is 5. The fraction of sp³-hybridized carbons (Fsp3) is 0.200. The summed E-state index contributed by atoms with van der Waals surface area (Å²) in [5.74, 6) is 1.42. The van der Waals surface area contributed by atoms with Crippen LogP contribution < -0.4 is 19.1 Å². The van der Waals surface area contributed by atoms with Crippen LogP contribution in [0.5, 0.6) is 17.2 Å². The van der Waals surface area contributed by atoms with Crippen LogP contribution in [0, 0.1) is 0 Å². The van der Waals surface area contributed by atoms with Gasteiger partial charge >= 0.3 is 5.97 Å². The van der Waals surface area contributed by atoms with Crippen LogP contribution in [0.4, 0.5) is 5.69 Å². The quantitative estimate of drug-likeness (QED) is 0.0749. The molecule has 8 heteroatoms. The van der Waals surface area contributed by atoms with E-state index >= 15 is 0 Å². The smallest absolute Gasteiger partial charge is 0.343 e. The number of amides is 1. The first kappa shape index (κ1) is 31.2. The summed E-state index contributed by atoms with van der Waals surface area (Å²) in [6.07, 6.45) is 0.427. The SMILES string of the molecule is CCN(C(=O)c1ccc(-c2ccc(OCC3CO3)cc2)cc1)c1ccc(OC(=O)c2ccc(-c3ccc(OCC4CO4)cc3)cc2)cc1. The van der Waals surface area contributed by atoms with Gasteiger partial charge in [-0.15, -0.1) is 0 Å². The van der Waals surface area contributed by atoms with Crippen LogP contribution >= 0.6 is 0 Å². The summed E-state index contributed by atoms with van der Waals surface area (Å²) in [5, 5.41) is 0. The third-order valence-electron chi connectivity index (χ3n) is 8.22. The van der Waals surface area contributed by atoms with E-state index in [-0.39, 0.29) is 18.1 Å². The van der Waals surface area contributed by atoms with Crippen LogP contribution in [0.15, 0.2) is 121 Å². The number of esters is 1. The first-order valence-corrected chi connectivity index (χ1v) is 16.1. The number of hydrogen-bond donors (Lipinski definition) is 0. The van der Waals surface area contributed by atoms with E-state index in [1.54, 1.807) is 41.3 Å². The third kappa shape index (κ3) is 7.74. The molecule has 2 aliphatic heterocycles. The molecule has 2 atom stereocenters. The normalized spacial score (nSPS) is 16.1. The molecule has 5 aromatic carbocycles. The highest BCUT2D eigenvalue weighted by Gasteiger charge is 2.24. The van der Waals surface area contributed by atoms with E-state index in [4.69, 9.17) is 23.7 Å². The third-order valence-corrected chi connectivity index (χ3v) is 8.22. The Bertz CT molecular complexity index is 1840. The highest BCUT2D eigenvalue weighted by atomic mass is 16.6. The van der Waals surface area contributed by atoms with Crippen molar-refractivity contribution in [2.75, 3.05) is 37.9 Å². The maximum Gasteiger partial charge on any atom is 0.343 e. The van der Waals surface area contributed by atoms with Crippen LogP contribution in [-0.2, 0) is 9.47 Å². The highest BCUT2D eigenvalue weighted by molar-refractivity contribution is 6.06. The first-order chi connectivity index (χ1) is 23.5. The van der Waals surface area contributed by atoms with Crippen molar-refractivity contribution in [1.29, 1.82) is 0 Å². The number of anilines is 1. The van der Waals surface area contributed by atoms with Gasteiger partial charge in [0.05, 0.1) is 18.8 Å². The molecule has 2 aliphatic rings. The van der Waals surface area contributed by atoms with E-state index in [1.165, 1.54) is 0 Å². The summed E-state index contributed by atoms with van der Waals surface area (Å²) in [7, 11) is 0. The molecular weight excluding hydrogens is 606 g/mol. The number of carbonyl (C=O) groups is 2. The van der Waals surface area contributed by atoms with Crippen molar-refractivity contribution in [1.82, 2.24) is 0 Å². The van der Waals surface area contributed by atoms with Crippen molar-refractivity contribution >= 4 is 17.6 Å². The maximum absolute atomic E-state index is 13.5. The molecule has 0 N–H and O–H groups in total. The topological polar surface area (TPSA) is 90.1 Å². The van der Waals surface area contributed by atoms with Gasteiger partial charge < -0.3 is 28.6 Å². The Balaban J connectivity index is 0.937. The van der Waals surface area contributed by atoms with E-state index in [2.05, 4.69) is 0 Å². The van der Waals surface area contributed by atoms with Gasteiger partial charge in [-0.1, -0.05) is 48.5 Å². The predicted octanol–water partition coefficient (Wildman–Crippen LogP) is 7.46. The summed E-state index contributed by atoms with van der Waals surface area (Å²) >= 11 is 0. The molecule has 1 amide bonds. The lowest BCUT2D eigenvalue weighted by Crippen LogP contribution is -2.30. The highest BCUT2D eigenvalue weighted by Crippen LogP contribution is 2.27. The molecule has 242 valence electrons. The van der Waals surface area contributed by atoms with Gasteiger partial charge in [-0.25, -0.2) is 4.79 Å². The number of hydrogen-bond acceptors (Lipinski definition) is 7. The molecule has 2 heterocycles. The van der Waals surface area contributed by atoms with E-state index in [1.807, 2.05) is 91.9 Å². The van der Waals surface area contributed by atoms with E-state index < -0.39 is 5.97 Å². The van der Waals surface area contributed by atoms with E-state index in [9.17, 15) is 9.59 Å². The molecule has 0 spiro atoms. The minimum atomic E-state index is -0.459. The van der Waals surface area contributed by atoms with Gasteiger partial charge in [-0.3, -0.25) is 4.79 Å². The largest absolute Gasteiger partial charge is 0.491 e. The standard InChI is InChI=1S/C40H35NO7/c1-2-41(39(42)31-7-3-27(4-8-31)29-11-17-34(18-12-29)44-23-37-25-46-37)33-15-21-36(22-16-33)48-40(43)32-9-5-28(6-10-32)30-13-19-35(20-14-30)45-24-38-26-47-38/h3-22,37-38H,2,23-26H2,1H3. The van der Waals surface area contributed by atoms with Crippen molar-refractivity contribution in [2.45, 2.75) is 19.1 Å². The second-order valence-corrected chi connectivity index (χ2v) is 11.7. The summed E-state index contributed by atoms with van der Waals surface area (Å²) in [6.45, 7) is 5.06. The summed E-state index contributed by atoms with van der Waals surface area (Å²) < 4.78 is 27.4. The Kier molecular flexibility index (Phi) is 9.18. The van der Waals surface area contributed by atoms with Crippen molar-refractivity contribution in [3.63, 3.8) is 0 Å². The monoisotopic (exact) mass is 641 g/mol. The van der Waals surface area contributed by atoms with Crippen molar-refractivity contribution in [3.8, 4) is 39.5 Å². The molecule has 0 aromatic heterocycles. The number of rotatable bonds is 13. The summed E-state index contributed by atoms with van der Waals surface area (Å²) in [6, 6.07) is 37.5. The van der Waals surface area contributed by atoms with Crippen molar-refractivity contribution < 1.29 is 33.3 Å². The van der Waals surface area contributed by atoms with Gasteiger partial charge in [0, 0.05) is 17.8 Å². The molecule has 0 bridgehead atoms. The fourth-order valence-corrected chi connectivity index (χ4v) is 5.26. The minimum Gasteiger partial charge on any atom is -0.491 e. The number of carbonyl (C=O) groups excluding carboxylic acids is 2. The average molecular weight is 642 g/mol. The van der Waals surface area contributed by atoms with E-state index in [0.717, 1.165) is 47.0 Å². The predicted molar refractivity (Wildman–Crippen MR) is 183 cm³/mol. The zero-order chi connectivity index (χ0) is 32.9. The molecule has 8 nitrogen and oxygen atoms in total. The molecule has 0 aliphatic carbocycles. The zero-order valence-electron chi connectivity index (χ0n) is 26.5. The number of benzene rings is 5. The lowest BCUT2D eigenvalue weighted by molar-refractivity contribution is 0.0734. The summed E-state index contributed by atoms with van der Waals surface area (Å²) in [5.41, 5.74) is 5.76. The zero-order valence-corrected chi connectivity index (χ0v) is 26.5. The van der Waals surface area contributed by atoms with Crippen LogP contribution in [0.2, 0.25) is 0 Å². The Morgan fingerprint density at radius 2 is 0.979 bits per heavy atom. The molecular formula is C40H35NO7. The Morgan fingerprint density at radius 3 is 1.40 bits per heavy atom. The van der Waals surface area contributed by atoms with Gasteiger partial charge in [-0.2, -0.15) is 0 Å². The van der Waals surface area contributed by atoms with Crippen molar-refractivity contribution in [2.24, 2.45) is 0 Å². The van der Waals surface area contributed by atoms with Gasteiger partial charge in [0.15, 0.2) is 0 Å². The number of epoxide rings is 2. The molecule has 48 heavy (non-hydrogen) atoms. The molecule has 0 saturated carbocycles. The Hall–Kier alpha value is -5.44. The van der Waals surface area contributed by atoms with Gasteiger partial charge in [-0.05, 0) is 102 Å². The van der Waals surface area contributed by atoms with Gasteiger partial charge in [0.1, 0.15) is 42.7 Å². The van der Waals surface area contributed by atoms with Crippen LogP contribution in [0.1, 0.15) is 27.6 Å². The fourth-order valence-electron chi connectivity index (χ4n) is 5.26. The lowest BCUT2D eigenvalue weighted by atomic mass is 10.0. The molecule has 0 radical (unpaired) electrons. The average Bonchev–Trinajstić information content (AvgIpc) is 4.08. The first-order valence-electron chi connectivity index (χ1n) is 16.1.